The summed E-state index contributed by atoms with van der Waals surface area (Å²) in [7, 11) is 0. The summed E-state index contributed by atoms with van der Waals surface area (Å²) in [5, 5.41) is 15.5. The van der Waals surface area contributed by atoms with Crippen LogP contribution >= 0.6 is 0 Å². The Balaban J connectivity index is 1.98. The van der Waals surface area contributed by atoms with E-state index in [9.17, 15) is 14.9 Å². The zero-order valence-corrected chi connectivity index (χ0v) is 14.7. The van der Waals surface area contributed by atoms with Crippen molar-refractivity contribution in [2.75, 3.05) is 6.61 Å². The van der Waals surface area contributed by atoms with Crippen LogP contribution < -0.4 is 5.48 Å². The van der Waals surface area contributed by atoms with E-state index in [1.165, 1.54) is 12.1 Å². The smallest absolute Gasteiger partial charge is 0.269 e. The topological polar surface area (TPSA) is 99.3 Å². The molecule has 0 bridgehead atoms. The molecule has 1 aromatic heterocycles. The lowest BCUT2D eigenvalue weighted by atomic mass is 10.1. The second-order valence-corrected chi connectivity index (χ2v) is 5.72. The summed E-state index contributed by atoms with van der Waals surface area (Å²) in [5.41, 5.74) is 5.17. The van der Waals surface area contributed by atoms with Gasteiger partial charge in [0.2, 0.25) is 5.91 Å². The predicted molar refractivity (Wildman–Crippen MR) is 99.1 cm³/mol. The van der Waals surface area contributed by atoms with Crippen molar-refractivity contribution in [3.05, 3.63) is 76.5 Å². The Morgan fingerprint density at radius 3 is 2.52 bits per heavy atom. The molecule has 27 heavy (non-hydrogen) atoms. The highest BCUT2D eigenvalue weighted by Crippen LogP contribution is 2.26. The van der Waals surface area contributed by atoms with Crippen LogP contribution in [-0.4, -0.2) is 27.2 Å². The average Bonchev–Trinajstić information content (AvgIpc) is 3.11. The van der Waals surface area contributed by atoms with Gasteiger partial charge in [0.25, 0.3) is 5.69 Å². The van der Waals surface area contributed by atoms with Gasteiger partial charge in [0, 0.05) is 29.5 Å². The molecule has 8 heteroatoms. The average molecular weight is 366 g/mol. The number of rotatable bonds is 7. The second kappa shape index (κ2) is 8.24. The third kappa shape index (κ3) is 4.36. The molecule has 0 fully saturated rings. The number of nitro benzene ring substituents is 1. The maximum atomic E-state index is 12.1. The van der Waals surface area contributed by atoms with Gasteiger partial charge in [0.15, 0.2) is 0 Å². The van der Waals surface area contributed by atoms with Crippen LogP contribution in [0.15, 0.2) is 60.8 Å². The molecule has 0 spiro atoms. The number of para-hydroxylation sites is 1. The Hall–Kier alpha value is -3.52. The first-order valence-electron chi connectivity index (χ1n) is 8.38. The monoisotopic (exact) mass is 366 g/mol. The van der Waals surface area contributed by atoms with Gasteiger partial charge in [-0.25, -0.2) is 10.2 Å². The van der Waals surface area contributed by atoms with Gasteiger partial charge in [-0.15, -0.1) is 0 Å². The molecule has 0 saturated carbocycles. The first-order valence-corrected chi connectivity index (χ1v) is 8.38. The fourth-order valence-electron chi connectivity index (χ4n) is 2.60. The van der Waals surface area contributed by atoms with Gasteiger partial charge >= 0.3 is 0 Å². The highest BCUT2D eigenvalue weighted by molar-refractivity contribution is 5.80. The number of nitrogens with one attached hydrogen (secondary N) is 1. The number of aromatic nitrogens is 2. The standard InChI is InChI=1S/C19H18N4O4/c1-2-27-21-18(24)12-15-13-22(16-6-4-3-5-7-16)20-19(15)14-8-10-17(11-9-14)23(25)26/h3-11,13H,2,12H2,1H3,(H,21,24). The van der Waals surface area contributed by atoms with E-state index >= 15 is 0 Å². The minimum Gasteiger partial charge on any atom is -0.274 e. The Labute approximate surface area is 155 Å². The number of hydrogen-bond donors (Lipinski definition) is 1. The van der Waals surface area contributed by atoms with E-state index in [-0.39, 0.29) is 18.0 Å². The molecule has 1 heterocycles. The SMILES string of the molecule is CCONC(=O)Cc1cn(-c2ccccc2)nc1-c1ccc([N+](=O)[O-])cc1. The molecule has 1 amide bonds. The third-order valence-corrected chi connectivity index (χ3v) is 3.84. The number of benzene rings is 2. The summed E-state index contributed by atoms with van der Waals surface area (Å²) >= 11 is 0. The summed E-state index contributed by atoms with van der Waals surface area (Å²) in [6.45, 7) is 2.14. The molecular weight excluding hydrogens is 348 g/mol. The van der Waals surface area contributed by atoms with Crippen molar-refractivity contribution in [1.29, 1.82) is 0 Å². The molecule has 3 rings (SSSR count). The Morgan fingerprint density at radius 2 is 1.89 bits per heavy atom. The van der Waals surface area contributed by atoms with Crippen molar-refractivity contribution in [1.82, 2.24) is 15.3 Å². The number of hydrogen-bond acceptors (Lipinski definition) is 5. The Kier molecular flexibility index (Phi) is 5.58. The molecule has 0 aliphatic heterocycles. The number of hydroxylamine groups is 1. The van der Waals surface area contributed by atoms with Crippen LogP contribution in [0.25, 0.3) is 16.9 Å². The van der Waals surface area contributed by atoms with E-state index < -0.39 is 4.92 Å². The lowest BCUT2D eigenvalue weighted by molar-refractivity contribution is -0.384. The van der Waals surface area contributed by atoms with E-state index in [1.807, 2.05) is 30.3 Å². The van der Waals surface area contributed by atoms with Crippen molar-refractivity contribution < 1.29 is 14.6 Å². The number of nitro groups is 1. The number of carbonyl (C=O) groups is 1. The van der Waals surface area contributed by atoms with Crippen LogP contribution in [0.2, 0.25) is 0 Å². The molecule has 8 nitrogen and oxygen atoms in total. The molecule has 0 saturated heterocycles. The van der Waals surface area contributed by atoms with Crippen LogP contribution in [-0.2, 0) is 16.1 Å². The molecule has 0 aliphatic rings. The van der Waals surface area contributed by atoms with Gasteiger partial charge in [-0.1, -0.05) is 18.2 Å². The molecule has 0 radical (unpaired) electrons. The van der Waals surface area contributed by atoms with Gasteiger partial charge < -0.3 is 0 Å². The van der Waals surface area contributed by atoms with Gasteiger partial charge in [-0.2, -0.15) is 5.10 Å². The quantitative estimate of drug-likeness (QED) is 0.512. The van der Waals surface area contributed by atoms with Crippen LogP contribution in [0.4, 0.5) is 5.69 Å². The molecule has 0 aliphatic carbocycles. The van der Waals surface area contributed by atoms with E-state index in [1.54, 1.807) is 29.9 Å². The zero-order valence-electron chi connectivity index (χ0n) is 14.7. The molecule has 138 valence electrons. The molecule has 2 aromatic carbocycles. The van der Waals surface area contributed by atoms with Gasteiger partial charge in [-0.3, -0.25) is 19.7 Å². The van der Waals surface area contributed by atoms with Crippen LogP contribution in [0, 0.1) is 10.1 Å². The van der Waals surface area contributed by atoms with E-state index in [0.717, 1.165) is 5.69 Å². The summed E-state index contributed by atoms with van der Waals surface area (Å²) in [6, 6.07) is 15.6. The van der Waals surface area contributed by atoms with E-state index in [0.29, 0.717) is 23.4 Å². The summed E-state index contributed by atoms with van der Waals surface area (Å²) in [4.78, 5) is 27.4. The molecular formula is C19H18N4O4. The summed E-state index contributed by atoms with van der Waals surface area (Å²) in [6.07, 6.45) is 1.84. The van der Waals surface area contributed by atoms with Crippen molar-refractivity contribution in [2.24, 2.45) is 0 Å². The first-order chi connectivity index (χ1) is 13.1. The van der Waals surface area contributed by atoms with Crippen molar-refractivity contribution >= 4 is 11.6 Å². The molecule has 3 aromatic rings. The number of nitrogens with zero attached hydrogens (tertiary/aromatic N) is 3. The molecule has 0 atom stereocenters. The van der Waals surface area contributed by atoms with Crippen LogP contribution in [0.5, 0.6) is 0 Å². The van der Waals surface area contributed by atoms with Crippen molar-refractivity contribution in [2.45, 2.75) is 13.3 Å². The predicted octanol–water partition coefficient (Wildman–Crippen LogP) is 3.06. The lowest BCUT2D eigenvalue weighted by Gasteiger charge is -2.04. The highest BCUT2D eigenvalue weighted by atomic mass is 16.6. The maximum Gasteiger partial charge on any atom is 0.269 e. The lowest BCUT2D eigenvalue weighted by Crippen LogP contribution is -2.25. The summed E-state index contributed by atoms with van der Waals surface area (Å²) < 4.78 is 1.68. The molecule has 0 unspecified atom stereocenters. The van der Waals surface area contributed by atoms with Crippen LogP contribution in [0.1, 0.15) is 12.5 Å². The van der Waals surface area contributed by atoms with E-state index in [4.69, 9.17) is 4.84 Å². The van der Waals surface area contributed by atoms with Gasteiger partial charge in [0.05, 0.1) is 29.3 Å². The highest BCUT2D eigenvalue weighted by Gasteiger charge is 2.16. The summed E-state index contributed by atoms with van der Waals surface area (Å²) in [5.74, 6) is -0.298. The minimum atomic E-state index is -0.456. The van der Waals surface area contributed by atoms with E-state index in [2.05, 4.69) is 10.6 Å². The minimum absolute atomic E-state index is 0.00289. The fraction of sp³-hybridized carbons (Fsp3) is 0.158. The number of carbonyl (C=O) groups excluding carboxylic acids is 1. The van der Waals surface area contributed by atoms with Crippen LogP contribution in [0.3, 0.4) is 0 Å². The zero-order chi connectivity index (χ0) is 19.2. The molecule has 1 N–H and O–H groups in total. The first kappa shape index (κ1) is 18.3. The largest absolute Gasteiger partial charge is 0.274 e. The van der Waals surface area contributed by atoms with Gasteiger partial charge in [0.1, 0.15) is 0 Å². The van der Waals surface area contributed by atoms with Crippen molar-refractivity contribution in [3.8, 4) is 16.9 Å². The maximum absolute atomic E-state index is 12.1. The number of amides is 1. The van der Waals surface area contributed by atoms with Crippen molar-refractivity contribution in [3.63, 3.8) is 0 Å². The third-order valence-electron chi connectivity index (χ3n) is 3.84. The second-order valence-electron chi connectivity index (χ2n) is 5.72. The fourth-order valence-corrected chi connectivity index (χ4v) is 2.60. The Morgan fingerprint density at radius 1 is 1.19 bits per heavy atom. The number of non-ortho nitro benzene ring substituents is 1. The Bertz CT molecular complexity index is 936. The normalized spacial score (nSPS) is 10.6. The van der Waals surface area contributed by atoms with Gasteiger partial charge in [-0.05, 0) is 31.2 Å².